The summed E-state index contributed by atoms with van der Waals surface area (Å²) in [5.74, 6) is 0.812. The van der Waals surface area contributed by atoms with Crippen molar-refractivity contribution in [2.24, 2.45) is 0 Å². The molecule has 21 heavy (non-hydrogen) atoms. The summed E-state index contributed by atoms with van der Waals surface area (Å²) in [6.45, 7) is 2.45. The Kier molecular flexibility index (Phi) is 5.21. The van der Waals surface area contributed by atoms with E-state index in [1.54, 1.807) is 6.07 Å². The Hall–Kier alpha value is -2.49. The molecule has 0 unspecified atom stereocenters. The fourth-order valence-electron chi connectivity index (χ4n) is 1.98. The van der Waals surface area contributed by atoms with Gasteiger partial charge in [-0.15, -0.1) is 0 Å². The van der Waals surface area contributed by atoms with Crippen molar-refractivity contribution in [2.75, 3.05) is 17.7 Å². The van der Waals surface area contributed by atoms with E-state index in [4.69, 9.17) is 10.5 Å². The number of aryl methyl sites for hydroxylation is 1. The molecule has 0 heterocycles. The number of benzene rings is 2. The lowest BCUT2D eigenvalue weighted by Gasteiger charge is -2.09. The fraction of sp³-hybridized carbons (Fsp3) is 0.235. The Labute approximate surface area is 124 Å². The number of ether oxygens (including phenoxy) is 1. The highest BCUT2D eigenvalue weighted by molar-refractivity contribution is 5.91. The summed E-state index contributed by atoms with van der Waals surface area (Å²) in [5.41, 5.74) is 8.14. The second-order valence-electron chi connectivity index (χ2n) is 4.89. The molecule has 0 fully saturated rings. The molecule has 0 radical (unpaired) electrons. The van der Waals surface area contributed by atoms with Gasteiger partial charge in [0.05, 0.1) is 6.61 Å². The largest absolute Gasteiger partial charge is 0.494 e. The number of nitrogen functional groups attached to an aromatic ring is 1. The molecule has 4 heteroatoms. The van der Waals surface area contributed by atoms with Crippen molar-refractivity contribution >= 4 is 17.3 Å². The molecule has 0 aliphatic rings. The normalized spacial score (nSPS) is 10.1. The molecule has 0 atom stereocenters. The number of nitrogens with one attached hydrogen (secondary N) is 1. The minimum atomic E-state index is -0.0143. The first kappa shape index (κ1) is 14.9. The summed E-state index contributed by atoms with van der Waals surface area (Å²) in [7, 11) is 0. The molecule has 1 amide bonds. The van der Waals surface area contributed by atoms with Gasteiger partial charge < -0.3 is 15.8 Å². The summed E-state index contributed by atoms with van der Waals surface area (Å²) in [6, 6.07) is 15.0. The molecule has 0 saturated heterocycles. The molecule has 0 aliphatic heterocycles. The highest BCUT2D eigenvalue weighted by Gasteiger charge is 2.05. The van der Waals surface area contributed by atoms with Crippen LogP contribution in [-0.2, 0) is 4.79 Å². The highest BCUT2D eigenvalue weighted by Crippen LogP contribution is 2.18. The van der Waals surface area contributed by atoms with Crippen molar-refractivity contribution in [1.82, 2.24) is 0 Å². The molecule has 110 valence electrons. The summed E-state index contributed by atoms with van der Waals surface area (Å²) in [5, 5.41) is 2.89. The first-order valence-corrected chi connectivity index (χ1v) is 6.99. The van der Waals surface area contributed by atoms with Crippen LogP contribution in [0.3, 0.4) is 0 Å². The van der Waals surface area contributed by atoms with Gasteiger partial charge in [0.2, 0.25) is 5.91 Å². The number of hydrogen-bond donors (Lipinski definition) is 2. The van der Waals surface area contributed by atoms with Crippen molar-refractivity contribution in [1.29, 1.82) is 0 Å². The average Bonchev–Trinajstić information content (AvgIpc) is 2.48. The van der Waals surface area contributed by atoms with Crippen LogP contribution in [0.15, 0.2) is 48.5 Å². The number of rotatable bonds is 6. The monoisotopic (exact) mass is 284 g/mol. The van der Waals surface area contributed by atoms with Crippen LogP contribution in [0.1, 0.15) is 18.4 Å². The van der Waals surface area contributed by atoms with Gasteiger partial charge in [0.25, 0.3) is 0 Å². The zero-order valence-electron chi connectivity index (χ0n) is 12.1. The molecule has 3 N–H and O–H groups in total. The summed E-state index contributed by atoms with van der Waals surface area (Å²) >= 11 is 0. The van der Waals surface area contributed by atoms with Gasteiger partial charge in [0.1, 0.15) is 5.75 Å². The van der Waals surface area contributed by atoms with Crippen LogP contribution in [0.25, 0.3) is 0 Å². The Morgan fingerprint density at radius 3 is 2.67 bits per heavy atom. The predicted molar refractivity (Wildman–Crippen MR) is 85.4 cm³/mol. The van der Waals surface area contributed by atoms with Crippen LogP contribution in [0.5, 0.6) is 5.75 Å². The van der Waals surface area contributed by atoms with Gasteiger partial charge in [-0.05, 0) is 49.2 Å². The van der Waals surface area contributed by atoms with Gasteiger partial charge in [0.15, 0.2) is 0 Å². The zero-order chi connectivity index (χ0) is 15.1. The van der Waals surface area contributed by atoms with Crippen LogP contribution in [0.4, 0.5) is 11.4 Å². The Bertz CT molecular complexity index is 597. The number of carbonyl (C=O) groups excluding carboxylic acids is 1. The molecule has 2 aromatic carbocycles. The first-order valence-electron chi connectivity index (χ1n) is 6.99. The van der Waals surface area contributed by atoms with Crippen molar-refractivity contribution in [3.05, 3.63) is 54.1 Å². The molecule has 0 aromatic heterocycles. The zero-order valence-corrected chi connectivity index (χ0v) is 12.1. The average molecular weight is 284 g/mol. The van der Waals surface area contributed by atoms with E-state index in [-0.39, 0.29) is 5.91 Å². The third-order valence-corrected chi connectivity index (χ3v) is 3.08. The number of hydrogen-bond acceptors (Lipinski definition) is 3. The third-order valence-electron chi connectivity index (χ3n) is 3.08. The number of amides is 1. The molecule has 0 bridgehead atoms. The minimum absolute atomic E-state index is 0.0143. The van der Waals surface area contributed by atoms with Crippen molar-refractivity contribution in [3.8, 4) is 5.75 Å². The number of nitrogens with two attached hydrogens (primary N) is 1. The highest BCUT2D eigenvalue weighted by atomic mass is 16.5. The summed E-state index contributed by atoms with van der Waals surface area (Å²) < 4.78 is 5.55. The van der Waals surface area contributed by atoms with E-state index in [0.29, 0.717) is 25.1 Å². The standard InChI is InChI=1S/C17H20N2O2/c1-13-12-14(18)9-10-16(13)19-17(20)8-5-11-21-15-6-3-2-4-7-15/h2-4,6-7,9-10,12H,5,8,11,18H2,1H3,(H,19,20). The van der Waals surface area contributed by atoms with E-state index in [1.165, 1.54) is 0 Å². The molecular weight excluding hydrogens is 264 g/mol. The van der Waals surface area contributed by atoms with Crippen LogP contribution >= 0.6 is 0 Å². The first-order chi connectivity index (χ1) is 10.1. The van der Waals surface area contributed by atoms with Crippen LogP contribution < -0.4 is 15.8 Å². The van der Waals surface area contributed by atoms with Crippen LogP contribution in [0, 0.1) is 6.92 Å². The second kappa shape index (κ2) is 7.33. The van der Waals surface area contributed by atoms with E-state index in [1.807, 2.05) is 49.4 Å². The lowest BCUT2D eigenvalue weighted by molar-refractivity contribution is -0.116. The van der Waals surface area contributed by atoms with Crippen LogP contribution in [0.2, 0.25) is 0 Å². The Morgan fingerprint density at radius 1 is 1.19 bits per heavy atom. The molecule has 0 spiro atoms. The van der Waals surface area contributed by atoms with E-state index in [9.17, 15) is 4.79 Å². The Morgan fingerprint density at radius 2 is 1.95 bits per heavy atom. The van der Waals surface area contributed by atoms with E-state index in [0.717, 1.165) is 17.0 Å². The maximum absolute atomic E-state index is 11.9. The predicted octanol–water partition coefficient (Wildman–Crippen LogP) is 3.37. The van der Waals surface area contributed by atoms with Gasteiger partial charge in [-0.2, -0.15) is 0 Å². The lowest BCUT2D eigenvalue weighted by Crippen LogP contribution is -2.13. The SMILES string of the molecule is Cc1cc(N)ccc1NC(=O)CCCOc1ccccc1. The maximum Gasteiger partial charge on any atom is 0.224 e. The van der Waals surface area contributed by atoms with Gasteiger partial charge in [-0.25, -0.2) is 0 Å². The molecule has 4 nitrogen and oxygen atoms in total. The van der Waals surface area contributed by atoms with Gasteiger partial charge >= 0.3 is 0 Å². The molecule has 2 rings (SSSR count). The summed E-state index contributed by atoms with van der Waals surface area (Å²) in [6.07, 6.45) is 1.10. The van der Waals surface area contributed by atoms with Crippen molar-refractivity contribution in [2.45, 2.75) is 19.8 Å². The summed E-state index contributed by atoms with van der Waals surface area (Å²) in [4.78, 5) is 11.9. The van der Waals surface area contributed by atoms with Crippen molar-refractivity contribution in [3.63, 3.8) is 0 Å². The third kappa shape index (κ3) is 4.84. The molecule has 2 aromatic rings. The lowest BCUT2D eigenvalue weighted by atomic mass is 10.1. The number of carbonyl (C=O) groups is 1. The smallest absolute Gasteiger partial charge is 0.224 e. The minimum Gasteiger partial charge on any atom is -0.494 e. The molecular formula is C17H20N2O2. The van der Waals surface area contributed by atoms with Gasteiger partial charge in [0, 0.05) is 17.8 Å². The topological polar surface area (TPSA) is 64.3 Å². The molecule has 0 aliphatic carbocycles. The van der Waals surface area contributed by atoms with E-state index in [2.05, 4.69) is 5.32 Å². The second-order valence-corrected chi connectivity index (χ2v) is 4.89. The van der Waals surface area contributed by atoms with E-state index < -0.39 is 0 Å². The molecule has 0 saturated carbocycles. The maximum atomic E-state index is 11.9. The number of para-hydroxylation sites is 1. The van der Waals surface area contributed by atoms with Crippen LogP contribution in [-0.4, -0.2) is 12.5 Å². The van der Waals surface area contributed by atoms with E-state index >= 15 is 0 Å². The number of anilines is 2. The Balaban J connectivity index is 1.72. The van der Waals surface area contributed by atoms with Gasteiger partial charge in [-0.3, -0.25) is 4.79 Å². The fourth-order valence-corrected chi connectivity index (χ4v) is 1.98. The van der Waals surface area contributed by atoms with Gasteiger partial charge in [-0.1, -0.05) is 18.2 Å². The quantitative estimate of drug-likeness (QED) is 0.631. The van der Waals surface area contributed by atoms with Crippen molar-refractivity contribution < 1.29 is 9.53 Å².